The maximum Gasteiger partial charge on any atom is 0.261 e. The molecule has 8 heteroatoms. The second-order valence-electron chi connectivity index (χ2n) is 7.15. The molecule has 2 amide bonds. The van der Waals surface area contributed by atoms with E-state index in [1.807, 2.05) is 31.2 Å². The molecule has 170 valence electrons. The number of benzene rings is 3. The number of nitrogens with one attached hydrogen (secondary N) is 3. The smallest absolute Gasteiger partial charge is 0.261 e. The molecule has 0 radical (unpaired) electrons. The van der Waals surface area contributed by atoms with Gasteiger partial charge in [0.15, 0.2) is 5.11 Å². The minimum Gasteiger partial charge on any atom is -0.490 e. The molecule has 0 spiro atoms. The minimum absolute atomic E-state index is 0.0999. The number of para-hydroxylation sites is 1. The monoisotopic (exact) mass is 463 g/mol. The van der Waals surface area contributed by atoms with Gasteiger partial charge in [-0.1, -0.05) is 30.3 Å². The molecule has 0 unspecified atom stereocenters. The van der Waals surface area contributed by atoms with Crippen LogP contribution >= 0.6 is 12.2 Å². The Morgan fingerprint density at radius 1 is 0.848 bits per heavy atom. The van der Waals surface area contributed by atoms with Crippen LogP contribution in [0.1, 0.15) is 26.3 Å². The zero-order valence-electron chi connectivity index (χ0n) is 18.4. The Morgan fingerprint density at radius 2 is 1.58 bits per heavy atom. The summed E-state index contributed by atoms with van der Waals surface area (Å²) in [5.74, 6) is -0.222. The van der Waals surface area contributed by atoms with E-state index in [1.165, 1.54) is 0 Å². The lowest BCUT2D eigenvalue weighted by Gasteiger charge is -2.13. The highest BCUT2D eigenvalue weighted by Gasteiger charge is 2.14. The Hall–Kier alpha value is -3.75. The lowest BCUT2D eigenvalue weighted by atomic mass is 10.1. The Morgan fingerprint density at radius 3 is 2.33 bits per heavy atom. The van der Waals surface area contributed by atoms with Crippen molar-refractivity contribution in [3.8, 4) is 5.75 Å². The maximum absolute atomic E-state index is 12.7. The SMILES string of the molecule is COCCOc1ccccc1C(=O)NC(=S)Nc1cccc(C(=O)Nc2cccc(C)c2)c1. The second-order valence-corrected chi connectivity index (χ2v) is 7.56. The summed E-state index contributed by atoms with van der Waals surface area (Å²) in [5.41, 5.74) is 3.14. The predicted molar refractivity (Wildman–Crippen MR) is 133 cm³/mol. The topological polar surface area (TPSA) is 88.7 Å². The van der Waals surface area contributed by atoms with Crippen LogP contribution in [-0.4, -0.2) is 37.3 Å². The Bertz CT molecular complexity index is 1150. The first-order chi connectivity index (χ1) is 16.0. The number of anilines is 2. The molecule has 7 nitrogen and oxygen atoms in total. The molecular formula is C25H25N3O4S. The molecule has 0 atom stereocenters. The van der Waals surface area contributed by atoms with Gasteiger partial charge in [-0.25, -0.2) is 0 Å². The molecule has 0 heterocycles. The van der Waals surface area contributed by atoms with Crippen molar-refractivity contribution in [3.05, 3.63) is 89.5 Å². The molecule has 3 aromatic rings. The van der Waals surface area contributed by atoms with Gasteiger partial charge in [0.05, 0.1) is 12.2 Å². The fourth-order valence-electron chi connectivity index (χ4n) is 3.01. The molecule has 0 saturated carbocycles. The van der Waals surface area contributed by atoms with E-state index >= 15 is 0 Å². The quantitative estimate of drug-likeness (QED) is 0.339. The fourth-order valence-corrected chi connectivity index (χ4v) is 3.22. The van der Waals surface area contributed by atoms with E-state index in [4.69, 9.17) is 21.7 Å². The largest absolute Gasteiger partial charge is 0.490 e. The number of carbonyl (C=O) groups excluding carboxylic acids is 2. The van der Waals surface area contributed by atoms with Crippen molar-refractivity contribution in [1.82, 2.24) is 5.32 Å². The molecule has 33 heavy (non-hydrogen) atoms. The number of ether oxygens (including phenoxy) is 2. The Kier molecular flexibility index (Phi) is 8.51. The van der Waals surface area contributed by atoms with Crippen molar-refractivity contribution in [2.45, 2.75) is 6.92 Å². The highest BCUT2D eigenvalue weighted by molar-refractivity contribution is 7.80. The predicted octanol–water partition coefficient (Wildman–Crippen LogP) is 4.40. The number of methoxy groups -OCH3 is 1. The fraction of sp³-hybridized carbons (Fsp3) is 0.160. The van der Waals surface area contributed by atoms with E-state index in [2.05, 4.69) is 16.0 Å². The van der Waals surface area contributed by atoms with Crippen LogP contribution in [0.15, 0.2) is 72.8 Å². The van der Waals surface area contributed by atoms with Gasteiger partial charge < -0.3 is 20.1 Å². The first-order valence-corrected chi connectivity index (χ1v) is 10.7. The standard InChI is InChI=1S/C25H25N3O4S/c1-17-7-5-9-19(15-17)26-23(29)18-8-6-10-20(16-18)27-25(33)28-24(30)21-11-3-4-12-22(21)32-14-13-31-2/h3-12,15-16H,13-14H2,1-2H3,(H,26,29)(H2,27,28,30,33). The van der Waals surface area contributed by atoms with Crippen LogP contribution in [0.5, 0.6) is 5.75 Å². The maximum atomic E-state index is 12.7. The van der Waals surface area contributed by atoms with E-state index in [1.54, 1.807) is 55.6 Å². The van der Waals surface area contributed by atoms with E-state index in [0.29, 0.717) is 41.5 Å². The number of aryl methyl sites for hydroxylation is 1. The van der Waals surface area contributed by atoms with Crippen molar-refractivity contribution in [3.63, 3.8) is 0 Å². The summed E-state index contributed by atoms with van der Waals surface area (Å²) in [6.07, 6.45) is 0. The van der Waals surface area contributed by atoms with Crippen LogP contribution in [0.4, 0.5) is 11.4 Å². The molecule has 3 aromatic carbocycles. The summed E-state index contributed by atoms with van der Waals surface area (Å²) in [4.78, 5) is 25.3. The average molecular weight is 464 g/mol. The first-order valence-electron chi connectivity index (χ1n) is 10.3. The molecule has 0 aliphatic heterocycles. The number of hydrogen-bond donors (Lipinski definition) is 3. The van der Waals surface area contributed by atoms with Crippen molar-refractivity contribution < 1.29 is 19.1 Å². The molecule has 3 N–H and O–H groups in total. The lowest BCUT2D eigenvalue weighted by molar-refractivity contribution is 0.0968. The third kappa shape index (κ3) is 7.13. The number of amides is 2. The van der Waals surface area contributed by atoms with Gasteiger partial charge in [-0.15, -0.1) is 0 Å². The third-order valence-electron chi connectivity index (χ3n) is 4.56. The van der Waals surface area contributed by atoms with Crippen molar-refractivity contribution in [1.29, 1.82) is 0 Å². The van der Waals surface area contributed by atoms with Gasteiger partial charge in [-0.2, -0.15) is 0 Å². The highest BCUT2D eigenvalue weighted by Crippen LogP contribution is 2.18. The molecule has 0 fully saturated rings. The zero-order valence-corrected chi connectivity index (χ0v) is 19.2. The van der Waals surface area contributed by atoms with Crippen molar-refractivity contribution >= 4 is 40.5 Å². The van der Waals surface area contributed by atoms with Gasteiger partial charge in [-0.05, 0) is 67.2 Å². The zero-order chi connectivity index (χ0) is 23.6. The van der Waals surface area contributed by atoms with Crippen LogP contribution in [0.2, 0.25) is 0 Å². The number of rotatable bonds is 8. The van der Waals surface area contributed by atoms with Gasteiger partial charge in [0.2, 0.25) is 0 Å². The van der Waals surface area contributed by atoms with Crippen LogP contribution in [-0.2, 0) is 4.74 Å². The summed E-state index contributed by atoms with van der Waals surface area (Å²) in [6, 6.07) is 21.3. The summed E-state index contributed by atoms with van der Waals surface area (Å²) in [7, 11) is 1.58. The first kappa shape index (κ1) is 23.9. The van der Waals surface area contributed by atoms with E-state index in [-0.39, 0.29) is 11.0 Å². The normalized spacial score (nSPS) is 10.2. The third-order valence-corrected chi connectivity index (χ3v) is 4.77. The molecule has 0 bridgehead atoms. The molecule has 0 aliphatic rings. The van der Waals surface area contributed by atoms with Gasteiger partial charge >= 0.3 is 0 Å². The second kappa shape index (κ2) is 11.8. The van der Waals surface area contributed by atoms with Crippen molar-refractivity contribution in [2.24, 2.45) is 0 Å². The van der Waals surface area contributed by atoms with Gasteiger partial charge in [0.1, 0.15) is 12.4 Å². The van der Waals surface area contributed by atoms with Crippen LogP contribution in [0, 0.1) is 6.92 Å². The van der Waals surface area contributed by atoms with Gasteiger partial charge in [0.25, 0.3) is 11.8 Å². The van der Waals surface area contributed by atoms with E-state index in [0.717, 1.165) is 5.56 Å². The molecular weight excluding hydrogens is 438 g/mol. The van der Waals surface area contributed by atoms with Crippen molar-refractivity contribution in [2.75, 3.05) is 31.0 Å². The van der Waals surface area contributed by atoms with E-state index < -0.39 is 5.91 Å². The Balaban J connectivity index is 1.62. The summed E-state index contributed by atoms with van der Waals surface area (Å²) < 4.78 is 10.6. The number of hydrogen-bond acceptors (Lipinski definition) is 5. The summed E-state index contributed by atoms with van der Waals surface area (Å²) in [6.45, 7) is 2.68. The summed E-state index contributed by atoms with van der Waals surface area (Å²) in [5, 5.41) is 8.55. The van der Waals surface area contributed by atoms with Gasteiger partial charge in [-0.3, -0.25) is 14.9 Å². The van der Waals surface area contributed by atoms with E-state index in [9.17, 15) is 9.59 Å². The Labute approximate surface area is 198 Å². The van der Waals surface area contributed by atoms with Crippen LogP contribution in [0.25, 0.3) is 0 Å². The highest BCUT2D eigenvalue weighted by atomic mass is 32.1. The van der Waals surface area contributed by atoms with Crippen LogP contribution in [0.3, 0.4) is 0 Å². The summed E-state index contributed by atoms with van der Waals surface area (Å²) >= 11 is 5.29. The minimum atomic E-state index is -0.408. The van der Waals surface area contributed by atoms with Gasteiger partial charge in [0, 0.05) is 24.0 Å². The molecule has 0 aromatic heterocycles. The molecule has 3 rings (SSSR count). The number of carbonyl (C=O) groups is 2. The number of thiocarbonyl (C=S) groups is 1. The van der Waals surface area contributed by atoms with Crippen LogP contribution < -0.4 is 20.7 Å². The average Bonchev–Trinajstić information content (AvgIpc) is 2.79. The lowest BCUT2D eigenvalue weighted by Crippen LogP contribution is -2.34. The molecule has 0 saturated heterocycles. The molecule has 0 aliphatic carbocycles.